The number of hydrogen-bond acceptors (Lipinski definition) is 8. The van der Waals surface area contributed by atoms with Crippen LogP contribution in [-0.2, 0) is 32.0 Å². The molecule has 43 heavy (non-hydrogen) atoms. The number of guanidine groups is 1. The molecule has 15 nitrogen and oxygen atoms in total. The molecule has 1 heterocycles. The average Bonchev–Trinajstić information content (AvgIpc) is 3.38. The molecule has 15 N–H and O–H groups in total. The van der Waals surface area contributed by atoms with Crippen molar-refractivity contribution in [2.24, 2.45) is 33.7 Å². The van der Waals surface area contributed by atoms with Crippen molar-refractivity contribution >= 4 is 41.8 Å². The quantitative estimate of drug-likeness (QED) is 0.0372. The Bertz CT molecular complexity index is 1280. The second kappa shape index (κ2) is 18.3. The summed E-state index contributed by atoms with van der Waals surface area (Å²) in [7, 11) is 0. The molecule has 1 aromatic heterocycles. The first-order chi connectivity index (χ1) is 20.5. The molecular weight excluding hydrogens is 574 g/mol. The minimum atomic E-state index is -1.11. The predicted molar refractivity (Wildman–Crippen MR) is 166 cm³/mol. The summed E-state index contributed by atoms with van der Waals surface area (Å²) >= 11 is 5.08. The number of aromatic amines is 2. The number of carbonyl (C=O) groups excluding carboxylic acids is 4. The number of carbonyl (C=O) groups is 4. The van der Waals surface area contributed by atoms with E-state index in [2.05, 4.69) is 30.9 Å². The maximum absolute atomic E-state index is 13.5. The first-order valence-corrected chi connectivity index (χ1v) is 14.4. The zero-order chi connectivity index (χ0) is 31.8. The highest BCUT2D eigenvalue weighted by Gasteiger charge is 2.30. The van der Waals surface area contributed by atoms with E-state index in [4.69, 9.17) is 40.9 Å². The number of hydrogen-bond donors (Lipinski definition) is 10. The van der Waals surface area contributed by atoms with Gasteiger partial charge in [0.05, 0.1) is 6.04 Å². The van der Waals surface area contributed by atoms with Gasteiger partial charge in [0, 0.05) is 31.3 Å². The Morgan fingerprint density at radius 3 is 2.09 bits per heavy atom. The summed E-state index contributed by atoms with van der Waals surface area (Å²) in [5, 5.41) is 8.06. The van der Waals surface area contributed by atoms with E-state index in [1.807, 2.05) is 30.3 Å². The van der Waals surface area contributed by atoms with Crippen LogP contribution in [0.1, 0.15) is 43.4 Å². The van der Waals surface area contributed by atoms with E-state index < -0.39 is 47.8 Å². The van der Waals surface area contributed by atoms with Gasteiger partial charge in [-0.25, -0.2) is 0 Å². The molecule has 16 heteroatoms. The normalized spacial score (nSPS) is 13.6. The van der Waals surface area contributed by atoms with Crippen LogP contribution in [0, 0.1) is 4.77 Å². The van der Waals surface area contributed by atoms with Gasteiger partial charge in [0.2, 0.25) is 23.6 Å². The van der Waals surface area contributed by atoms with Gasteiger partial charge >= 0.3 is 0 Å². The molecule has 0 radical (unpaired) electrons. The van der Waals surface area contributed by atoms with Gasteiger partial charge in [-0.15, -0.1) is 0 Å². The van der Waals surface area contributed by atoms with Crippen LogP contribution in [0.15, 0.2) is 41.5 Å². The fourth-order valence-corrected chi connectivity index (χ4v) is 4.41. The first kappa shape index (κ1) is 34.9. The van der Waals surface area contributed by atoms with Crippen molar-refractivity contribution in [1.29, 1.82) is 0 Å². The molecule has 2 rings (SSSR count). The fraction of sp³-hybridized carbons (Fsp3) is 0.481. The van der Waals surface area contributed by atoms with Crippen LogP contribution in [0.25, 0.3) is 0 Å². The van der Waals surface area contributed by atoms with E-state index in [9.17, 15) is 19.2 Å². The third kappa shape index (κ3) is 13.1. The van der Waals surface area contributed by atoms with E-state index in [0.717, 1.165) is 5.56 Å². The van der Waals surface area contributed by atoms with E-state index in [1.54, 1.807) is 6.20 Å². The molecule has 4 atom stereocenters. The van der Waals surface area contributed by atoms with E-state index in [-0.39, 0.29) is 31.6 Å². The van der Waals surface area contributed by atoms with Crippen LogP contribution in [0.5, 0.6) is 0 Å². The monoisotopic (exact) mass is 617 g/mol. The van der Waals surface area contributed by atoms with Crippen molar-refractivity contribution in [2.75, 3.05) is 13.1 Å². The number of amides is 4. The first-order valence-electron chi connectivity index (χ1n) is 14.0. The molecule has 1 unspecified atom stereocenters. The Morgan fingerprint density at radius 1 is 0.837 bits per heavy atom. The molecule has 4 amide bonds. The summed E-state index contributed by atoms with van der Waals surface area (Å²) in [5.41, 5.74) is 29.3. The van der Waals surface area contributed by atoms with Crippen molar-refractivity contribution in [3.8, 4) is 0 Å². The summed E-state index contributed by atoms with van der Waals surface area (Å²) in [6.07, 6.45) is 3.87. The average molecular weight is 618 g/mol. The Hall–Kier alpha value is -4.28. The molecule has 0 spiro atoms. The summed E-state index contributed by atoms with van der Waals surface area (Å²) in [6.45, 7) is 0.690. The van der Waals surface area contributed by atoms with Gasteiger partial charge in [0.15, 0.2) is 10.7 Å². The van der Waals surface area contributed by atoms with Crippen LogP contribution in [0.3, 0.4) is 0 Å². The molecule has 0 fully saturated rings. The largest absolute Gasteiger partial charge is 0.370 e. The Labute approximate surface area is 255 Å². The van der Waals surface area contributed by atoms with Crippen LogP contribution in [0.2, 0.25) is 0 Å². The second-order valence-corrected chi connectivity index (χ2v) is 10.5. The fourth-order valence-electron chi connectivity index (χ4n) is 4.22. The number of nitrogens with one attached hydrogen (secondary N) is 5. The standard InChI is InChI=1S/C27H43N11O4S/c28-11-5-4-10-19(24(41)37-20(22(30)39)13-16-7-2-1-3-8-16)36-25(42)21(14-17-15-34-27(43)35-17)38-23(40)18(29)9-6-12-33-26(31)32/h1-3,7-8,15,18-21H,4-6,9-14,28-29H2,(H2,30,39)(H,36,42)(H,37,41)(H,38,40)(H4,31,32,33)(H2,34,35,43)/t18?,19-,20-,21-/m0/s1. The Balaban J connectivity index is 2.18. The lowest BCUT2D eigenvalue weighted by Gasteiger charge is -2.25. The van der Waals surface area contributed by atoms with E-state index in [1.165, 1.54) is 0 Å². The number of aliphatic imine (C=N–C) groups is 1. The third-order valence-electron chi connectivity index (χ3n) is 6.54. The molecule has 0 bridgehead atoms. The number of rotatable bonds is 19. The van der Waals surface area contributed by atoms with Crippen LogP contribution < -0.4 is 44.6 Å². The zero-order valence-electron chi connectivity index (χ0n) is 24.0. The van der Waals surface area contributed by atoms with Gasteiger partial charge in [-0.2, -0.15) is 0 Å². The summed E-state index contributed by atoms with van der Waals surface area (Å²) in [4.78, 5) is 61.6. The Kier molecular flexibility index (Phi) is 14.9. The number of H-pyrrole nitrogens is 2. The third-order valence-corrected chi connectivity index (χ3v) is 6.76. The smallest absolute Gasteiger partial charge is 0.243 e. The molecule has 2 aromatic rings. The summed E-state index contributed by atoms with van der Waals surface area (Å²) in [5.74, 6) is -2.57. The molecule has 236 valence electrons. The van der Waals surface area contributed by atoms with Crippen molar-refractivity contribution in [1.82, 2.24) is 25.9 Å². The highest BCUT2D eigenvalue weighted by molar-refractivity contribution is 7.71. The zero-order valence-corrected chi connectivity index (χ0v) is 24.8. The van der Waals surface area contributed by atoms with Crippen molar-refractivity contribution in [3.63, 3.8) is 0 Å². The lowest BCUT2D eigenvalue weighted by molar-refractivity contribution is -0.133. The highest BCUT2D eigenvalue weighted by atomic mass is 32.1. The van der Waals surface area contributed by atoms with Crippen molar-refractivity contribution < 1.29 is 19.2 Å². The molecule has 0 aliphatic heterocycles. The number of unbranched alkanes of at least 4 members (excludes halogenated alkanes) is 1. The van der Waals surface area contributed by atoms with Crippen LogP contribution in [-0.4, -0.2) is 76.8 Å². The number of aromatic nitrogens is 2. The molecule has 1 aromatic carbocycles. The van der Waals surface area contributed by atoms with Crippen molar-refractivity contribution in [2.45, 2.75) is 69.1 Å². The predicted octanol–water partition coefficient (Wildman–Crippen LogP) is -1.69. The van der Waals surface area contributed by atoms with Crippen LogP contribution in [0.4, 0.5) is 0 Å². The maximum atomic E-state index is 13.5. The molecule has 0 saturated carbocycles. The van der Waals surface area contributed by atoms with Gasteiger partial charge in [0.1, 0.15) is 18.1 Å². The number of primary amides is 1. The number of nitrogens with two attached hydrogens (primary N) is 5. The summed E-state index contributed by atoms with van der Waals surface area (Å²) in [6, 6.07) is 5.00. The SMILES string of the molecule is NCCCC[C@H](NC(=O)[C@H](Cc1c[nH]c(=S)[nH]1)NC(=O)C(N)CCCN=C(N)N)C(=O)N[C@@H](Cc1ccccc1)C(N)=O. The lowest BCUT2D eigenvalue weighted by atomic mass is 10.0. The molecule has 0 saturated heterocycles. The van der Waals surface area contributed by atoms with Gasteiger partial charge in [-0.1, -0.05) is 30.3 Å². The van der Waals surface area contributed by atoms with E-state index >= 15 is 0 Å². The number of nitrogens with zero attached hydrogens (tertiary/aromatic N) is 1. The van der Waals surface area contributed by atoms with Gasteiger partial charge in [-0.3, -0.25) is 24.2 Å². The highest BCUT2D eigenvalue weighted by Crippen LogP contribution is 2.08. The van der Waals surface area contributed by atoms with Gasteiger partial charge in [-0.05, 0) is 56.4 Å². The van der Waals surface area contributed by atoms with Crippen molar-refractivity contribution in [3.05, 3.63) is 52.6 Å². The van der Waals surface area contributed by atoms with Crippen LogP contribution >= 0.6 is 12.2 Å². The second-order valence-electron chi connectivity index (χ2n) is 10.1. The molecule has 0 aliphatic carbocycles. The summed E-state index contributed by atoms with van der Waals surface area (Å²) < 4.78 is 0.340. The van der Waals surface area contributed by atoms with E-state index in [0.29, 0.717) is 42.8 Å². The lowest BCUT2D eigenvalue weighted by Crippen LogP contribution is -2.58. The number of imidazole rings is 1. The Morgan fingerprint density at radius 2 is 1.49 bits per heavy atom. The maximum Gasteiger partial charge on any atom is 0.243 e. The molecular formula is C27H43N11O4S. The minimum Gasteiger partial charge on any atom is -0.370 e. The molecule has 0 aliphatic rings. The van der Waals surface area contributed by atoms with Gasteiger partial charge < -0.3 is 54.6 Å². The number of benzene rings is 1. The van der Waals surface area contributed by atoms with Gasteiger partial charge in [0.25, 0.3) is 0 Å². The minimum absolute atomic E-state index is 0.0283. The topological polar surface area (TPSA) is 278 Å².